The summed E-state index contributed by atoms with van der Waals surface area (Å²) in [6, 6.07) is 5.47. The van der Waals surface area contributed by atoms with Crippen LogP contribution in [0, 0.1) is 5.92 Å². The molecule has 0 fully saturated rings. The van der Waals surface area contributed by atoms with Crippen molar-refractivity contribution in [1.29, 1.82) is 0 Å². The van der Waals surface area contributed by atoms with Gasteiger partial charge in [-0.1, -0.05) is 58.9 Å². The zero-order valence-electron chi connectivity index (χ0n) is 25.5. The van der Waals surface area contributed by atoms with Crippen LogP contribution in [-0.2, 0) is 40.5 Å². The molecule has 9 nitrogen and oxygen atoms in total. The molecule has 2 N–H and O–H groups in total. The Labute approximate surface area is 237 Å². The lowest BCUT2D eigenvalue weighted by Crippen LogP contribution is -2.52. The van der Waals surface area contributed by atoms with Gasteiger partial charge in [-0.2, -0.15) is 0 Å². The molecule has 10 heteroatoms. The van der Waals surface area contributed by atoms with Crippen molar-refractivity contribution in [1.82, 2.24) is 10.2 Å². The summed E-state index contributed by atoms with van der Waals surface area (Å²) in [5.74, 6) is -3.63. The normalized spacial score (nSPS) is 15.1. The van der Waals surface area contributed by atoms with Gasteiger partial charge in [0.2, 0.25) is 0 Å². The van der Waals surface area contributed by atoms with Crippen LogP contribution in [0.2, 0.25) is 0 Å². The SMILES string of the molecule is CN[C@@H](CC(C)C)C(=O)O[C@H](Cc1ccc(C(C)(C)C)cc1)C(=O)N(C)[C@@H](CC(C)(C)F)C(=O)O[C@H](C)C(=O)O. The van der Waals surface area contributed by atoms with Crippen LogP contribution < -0.4 is 5.32 Å². The molecule has 0 unspecified atom stereocenters. The van der Waals surface area contributed by atoms with E-state index in [2.05, 4.69) is 26.1 Å². The fraction of sp³-hybridized carbons (Fsp3) is 0.667. The van der Waals surface area contributed by atoms with Gasteiger partial charge in [-0.25, -0.2) is 14.0 Å². The van der Waals surface area contributed by atoms with Gasteiger partial charge in [-0.05, 0) is 56.7 Å². The molecular formula is C30H47FN2O7. The van der Waals surface area contributed by atoms with E-state index in [9.17, 15) is 23.6 Å². The average Bonchev–Trinajstić information content (AvgIpc) is 2.83. The van der Waals surface area contributed by atoms with E-state index in [-0.39, 0.29) is 17.8 Å². The van der Waals surface area contributed by atoms with Crippen molar-refractivity contribution in [2.75, 3.05) is 14.1 Å². The zero-order valence-corrected chi connectivity index (χ0v) is 25.5. The van der Waals surface area contributed by atoms with Crippen molar-refractivity contribution < 1.29 is 38.1 Å². The Morgan fingerprint density at radius 1 is 0.975 bits per heavy atom. The van der Waals surface area contributed by atoms with Crippen molar-refractivity contribution in [3.63, 3.8) is 0 Å². The Kier molecular flexibility index (Phi) is 12.8. The first-order valence-electron chi connectivity index (χ1n) is 13.6. The summed E-state index contributed by atoms with van der Waals surface area (Å²) in [5.41, 5.74) is -0.173. The number of ether oxygens (including phenoxy) is 2. The molecule has 4 atom stereocenters. The molecule has 0 aliphatic rings. The monoisotopic (exact) mass is 566 g/mol. The van der Waals surface area contributed by atoms with E-state index in [1.165, 1.54) is 20.9 Å². The Bertz CT molecular complexity index is 1010. The van der Waals surface area contributed by atoms with Gasteiger partial charge < -0.3 is 24.8 Å². The number of amides is 1. The first-order valence-corrected chi connectivity index (χ1v) is 13.6. The molecule has 1 rings (SSSR count). The number of carboxylic acid groups (broad SMARTS) is 1. The molecule has 0 aromatic heterocycles. The first kappa shape index (κ1) is 35.0. The highest BCUT2D eigenvalue weighted by Gasteiger charge is 2.39. The van der Waals surface area contributed by atoms with Crippen molar-refractivity contribution in [3.8, 4) is 0 Å². The van der Waals surface area contributed by atoms with Crippen LogP contribution in [0.25, 0.3) is 0 Å². The molecule has 0 heterocycles. The lowest BCUT2D eigenvalue weighted by Gasteiger charge is -2.33. The van der Waals surface area contributed by atoms with E-state index in [1.807, 2.05) is 38.1 Å². The standard InChI is InChI=1S/C30H47FN2O7/c1-18(2)15-22(32-9)27(37)40-24(16-20-11-13-21(14-12-20)29(4,5)6)25(34)33(10)23(17-30(7,8)31)28(38)39-19(3)26(35)36/h11-14,18-19,22-24,32H,15-17H2,1-10H3,(H,35,36)/t19-,22+,23+,24-/m1/s1. The maximum atomic E-state index is 14.7. The molecule has 0 aliphatic heterocycles. The summed E-state index contributed by atoms with van der Waals surface area (Å²) in [6.07, 6.45) is -2.78. The summed E-state index contributed by atoms with van der Waals surface area (Å²) in [6.45, 7) is 13.8. The predicted octanol–water partition coefficient (Wildman–Crippen LogP) is 4.05. The van der Waals surface area contributed by atoms with Gasteiger partial charge in [-0.3, -0.25) is 9.59 Å². The highest BCUT2D eigenvalue weighted by atomic mass is 19.1. The fourth-order valence-corrected chi connectivity index (χ4v) is 4.08. The van der Waals surface area contributed by atoms with E-state index >= 15 is 0 Å². The second kappa shape index (κ2) is 14.6. The lowest BCUT2D eigenvalue weighted by atomic mass is 9.86. The lowest BCUT2D eigenvalue weighted by molar-refractivity contribution is -0.172. The molecule has 40 heavy (non-hydrogen) atoms. The number of benzene rings is 1. The number of alkyl halides is 1. The number of halogens is 1. The molecule has 0 spiro atoms. The maximum Gasteiger partial charge on any atom is 0.344 e. The molecule has 0 bridgehead atoms. The summed E-state index contributed by atoms with van der Waals surface area (Å²) in [7, 11) is 2.92. The summed E-state index contributed by atoms with van der Waals surface area (Å²) < 4.78 is 25.5. The van der Waals surface area contributed by atoms with Crippen molar-refractivity contribution >= 4 is 23.8 Å². The Morgan fingerprint density at radius 2 is 1.52 bits per heavy atom. The molecule has 0 radical (unpaired) electrons. The summed E-state index contributed by atoms with van der Waals surface area (Å²) in [5, 5.41) is 12.1. The number of carboxylic acids is 1. The molecule has 226 valence electrons. The van der Waals surface area contributed by atoms with Crippen LogP contribution in [0.15, 0.2) is 24.3 Å². The number of hydrogen-bond acceptors (Lipinski definition) is 7. The van der Waals surface area contributed by atoms with Crippen molar-refractivity contribution in [2.45, 2.75) is 110 Å². The van der Waals surface area contributed by atoms with Gasteiger partial charge in [-0.15, -0.1) is 0 Å². The van der Waals surface area contributed by atoms with Gasteiger partial charge in [0.25, 0.3) is 5.91 Å². The molecule has 0 saturated carbocycles. The number of carbonyl (C=O) groups excluding carboxylic acids is 3. The fourth-order valence-electron chi connectivity index (χ4n) is 4.08. The Balaban J connectivity index is 3.40. The largest absolute Gasteiger partial charge is 0.479 e. The average molecular weight is 567 g/mol. The van der Waals surface area contributed by atoms with E-state index in [1.54, 1.807) is 7.05 Å². The number of nitrogens with one attached hydrogen (secondary N) is 1. The van der Waals surface area contributed by atoms with Crippen LogP contribution in [0.1, 0.15) is 79.4 Å². The minimum Gasteiger partial charge on any atom is -0.479 e. The highest BCUT2D eigenvalue weighted by molar-refractivity contribution is 5.90. The number of rotatable bonds is 14. The third-order valence-electron chi connectivity index (χ3n) is 6.52. The number of carbonyl (C=O) groups is 4. The smallest absolute Gasteiger partial charge is 0.344 e. The molecule has 1 aromatic rings. The zero-order chi connectivity index (χ0) is 31.0. The van der Waals surface area contributed by atoms with E-state index in [4.69, 9.17) is 14.6 Å². The van der Waals surface area contributed by atoms with Crippen LogP contribution in [-0.4, -0.2) is 77.9 Å². The van der Waals surface area contributed by atoms with Crippen LogP contribution in [0.3, 0.4) is 0 Å². The van der Waals surface area contributed by atoms with Gasteiger partial charge in [0.05, 0.1) is 0 Å². The predicted molar refractivity (Wildman–Crippen MR) is 151 cm³/mol. The summed E-state index contributed by atoms with van der Waals surface area (Å²) in [4.78, 5) is 52.0. The van der Waals surface area contributed by atoms with Crippen molar-refractivity contribution in [2.24, 2.45) is 5.92 Å². The third kappa shape index (κ3) is 11.2. The van der Waals surface area contributed by atoms with Crippen LogP contribution >= 0.6 is 0 Å². The molecule has 0 saturated heterocycles. The first-order chi connectivity index (χ1) is 18.3. The van der Waals surface area contributed by atoms with Gasteiger partial charge in [0.15, 0.2) is 12.2 Å². The summed E-state index contributed by atoms with van der Waals surface area (Å²) >= 11 is 0. The topological polar surface area (TPSA) is 122 Å². The molecular weight excluding hydrogens is 519 g/mol. The third-order valence-corrected chi connectivity index (χ3v) is 6.52. The molecule has 0 aliphatic carbocycles. The number of esters is 2. The highest BCUT2D eigenvalue weighted by Crippen LogP contribution is 2.25. The molecule has 1 aromatic carbocycles. The van der Waals surface area contributed by atoms with Gasteiger partial charge in [0, 0.05) is 19.9 Å². The van der Waals surface area contributed by atoms with Crippen LogP contribution in [0.4, 0.5) is 4.39 Å². The van der Waals surface area contributed by atoms with Crippen molar-refractivity contribution in [3.05, 3.63) is 35.4 Å². The Morgan fingerprint density at radius 3 is 1.95 bits per heavy atom. The van der Waals surface area contributed by atoms with E-state index in [0.717, 1.165) is 23.0 Å². The van der Waals surface area contributed by atoms with E-state index < -0.39 is 60.2 Å². The van der Waals surface area contributed by atoms with Gasteiger partial charge in [0.1, 0.15) is 17.8 Å². The number of nitrogens with zero attached hydrogens (tertiary/aromatic N) is 1. The minimum atomic E-state index is -1.89. The van der Waals surface area contributed by atoms with Crippen LogP contribution in [0.5, 0.6) is 0 Å². The minimum absolute atomic E-state index is 0.0176. The van der Waals surface area contributed by atoms with E-state index in [0.29, 0.717) is 6.42 Å². The quantitative estimate of drug-likeness (QED) is 0.324. The number of aliphatic carboxylic acids is 1. The Hall–Kier alpha value is -3.01. The number of hydrogen-bond donors (Lipinski definition) is 2. The maximum absolute atomic E-state index is 14.7. The van der Waals surface area contributed by atoms with Gasteiger partial charge >= 0.3 is 17.9 Å². The molecule has 1 amide bonds. The second-order valence-corrected chi connectivity index (χ2v) is 12.4. The number of likely N-dealkylation sites (N-methyl/N-ethyl adjacent to an activating group) is 2. The second-order valence-electron chi connectivity index (χ2n) is 12.4.